The molecular weight excluding hydrogens is 538 g/mol. The Bertz CT molecular complexity index is 1130. The van der Waals surface area contributed by atoms with Crippen molar-refractivity contribution in [3.8, 4) is 0 Å². The Hall–Kier alpha value is -1.00. The molecule has 4 N–H and O–H groups in total. The van der Waals surface area contributed by atoms with Gasteiger partial charge in [0.2, 0.25) is 0 Å². The van der Waals surface area contributed by atoms with Gasteiger partial charge in [-0.05, 0) is 85.9 Å². The predicted octanol–water partition coefficient (Wildman–Crippen LogP) is 5.94. The first-order valence-corrected chi connectivity index (χ1v) is 17.7. The summed E-state index contributed by atoms with van der Waals surface area (Å²) in [6.45, 7) is 12.7. The van der Waals surface area contributed by atoms with Gasteiger partial charge in [0, 0.05) is 42.7 Å². The number of nitrogens with zero attached hydrogens (tertiary/aromatic N) is 1. The summed E-state index contributed by atoms with van der Waals surface area (Å²) in [6, 6.07) is -0.172. The van der Waals surface area contributed by atoms with Crippen LogP contribution in [0.4, 0.5) is 0 Å². The van der Waals surface area contributed by atoms with Crippen molar-refractivity contribution in [1.82, 2.24) is 15.3 Å². The number of aromatic nitrogens is 2. The molecule has 0 radical (unpaired) electrons. The first-order valence-electron chi connectivity index (χ1n) is 16.4. The number of imidazole rings is 1. The molecule has 1 aromatic heterocycles. The van der Waals surface area contributed by atoms with E-state index in [9.17, 15) is 18.1 Å². The van der Waals surface area contributed by atoms with E-state index < -0.39 is 22.1 Å². The Kier molecular flexibility index (Phi) is 9.07. The summed E-state index contributed by atoms with van der Waals surface area (Å²) in [5, 5.41) is 16.4. The number of aromatic amines is 1. The average molecular weight is 594 g/mol. The molecule has 234 valence electrons. The third-order valence-corrected chi connectivity index (χ3v) is 13.2. The first kappa shape index (κ1) is 31.4. The van der Waals surface area contributed by atoms with E-state index in [4.69, 9.17) is 4.18 Å². The van der Waals surface area contributed by atoms with E-state index >= 15 is 0 Å². The topological polar surface area (TPSA) is 125 Å². The van der Waals surface area contributed by atoms with Crippen molar-refractivity contribution in [2.75, 3.05) is 6.54 Å². The highest BCUT2D eigenvalue weighted by Crippen LogP contribution is 2.69. The maximum atomic E-state index is 12.6. The minimum absolute atomic E-state index is 0.172. The van der Waals surface area contributed by atoms with Crippen molar-refractivity contribution in [3.63, 3.8) is 0 Å². The van der Waals surface area contributed by atoms with Crippen LogP contribution in [-0.2, 0) is 21.0 Å². The molecule has 9 heteroatoms. The molecule has 4 fully saturated rings. The smallest absolute Gasteiger partial charge is 0.388 e. The minimum atomic E-state index is -4.58. The number of hydrogen-bond donors (Lipinski definition) is 4. The summed E-state index contributed by atoms with van der Waals surface area (Å²) >= 11 is 0. The van der Waals surface area contributed by atoms with E-state index in [0.717, 1.165) is 42.7 Å². The van der Waals surface area contributed by atoms with Crippen molar-refractivity contribution in [2.24, 2.45) is 46.3 Å². The molecule has 1 heterocycles. The molecule has 0 unspecified atom stereocenters. The molecule has 41 heavy (non-hydrogen) atoms. The van der Waals surface area contributed by atoms with Gasteiger partial charge < -0.3 is 15.4 Å². The molecule has 0 aromatic carbocycles. The second-order valence-electron chi connectivity index (χ2n) is 15.2. The van der Waals surface area contributed by atoms with E-state index in [2.05, 4.69) is 49.9 Å². The second-order valence-corrected chi connectivity index (χ2v) is 16.3. The van der Waals surface area contributed by atoms with Crippen molar-refractivity contribution >= 4 is 10.4 Å². The fourth-order valence-corrected chi connectivity index (χ4v) is 11.1. The van der Waals surface area contributed by atoms with Gasteiger partial charge in [0.25, 0.3) is 0 Å². The van der Waals surface area contributed by atoms with E-state index in [1.165, 1.54) is 38.5 Å². The largest absolute Gasteiger partial charge is 0.397 e. The number of aliphatic hydroxyl groups is 1. The maximum absolute atomic E-state index is 12.6. The maximum Gasteiger partial charge on any atom is 0.397 e. The first-order chi connectivity index (χ1) is 19.3. The predicted molar refractivity (Wildman–Crippen MR) is 160 cm³/mol. The number of hydrogen-bond acceptors (Lipinski definition) is 6. The van der Waals surface area contributed by atoms with Gasteiger partial charge in [-0.15, -0.1) is 0 Å². The minimum Gasteiger partial charge on any atom is -0.388 e. The highest BCUT2D eigenvalue weighted by molar-refractivity contribution is 7.80. The van der Waals surface area contributed by atoms with Gasteiger partial charge in [-0.1, -0.05) is 53.9 Å². The quantitative estimate of drug-likeness (QED) is 0.234. The highest BCUT2D eigenvalue weighted by Gasteiger charge is 2.67. The number of H-pyrrole nitrogens is 1. The SMILES string of the molecule is CC(C)CCC[C@@H](C)[C@H]1CC[C@H]2[C@@H]3C[C@@H](NCCc4cnc[nH]4)[C@@]4(O)C[C@@H](OS(=O)(=O)O)CC[C@]4(C)[C@H]3CC[C@]12C. The lowest BCUT2D eigenvalue weighted by atomic mass is 9.42. The Balaban J connectivity index is 1.38. The molecule has 1 aromatic rings. The molecule has 8 nitrogen and oxygen atoms in total. The van der Waals surface area contributed by atoms with Crippen LogP contribution in [-0.4, -0.2) is 52.3 Å². The van der Waals surface area contributed by atoms with Crippen LogP contribution < -0.4 is 5.32 Å². The van der Waals surface area contributed by atoms with E-state index in [0.29, 0.717) is 42.6 Å². The molecule has 4 aliphatic rings. The summed E-state index contributed by atoms with van der Waals surface area (Å²) in [5.41, 5.74) is -0.0719. The summed E-state index contributed by atoms with van der Waals surface area (Å²) in [5.74, 6) is 3.87. The number of rotatable bonds is 11. The average Bonchev–Trinajstić information content (AvgIpc) is 3.51. The third kappa shape index (κ3) is 6.04. The monoisotopic (exact) mass is 593 g/mol. The van der Waals surface area contributed by atoms with Gasteiger partial charge in [0.05, 0.1) is 18.0 Å². The van der Waals surface area contributed by atoms with Crippen LogP contribution in [0.5, 0.6) is 0 Å². The van der Waals surface area contributed by atoms with Crippen molar-refractivity contribution < 1.29 is 22.3 Å². The molecule has 4 aliphatic carbocycles. The number of fused-ring (bicyclic) bond motifs is 5. The summed E-state index contributed by atoms with van der Waals surface area (Å²) in [7, 11) is -4.58. The van der Waals surface area contributed by atoms with Gasteiger partial charge >= 0.3 is 10.4 Å². The Morgan fingerprint density at radius 3 is 2.59 bits per heavy atom. The van der Waals surface area contributed by atoms with Crippen LogP contribution in [0.25, 0.3) is 0 Å². The Morgan fingerprint density at radius 2 is 1.90 bits per heavy atom. The molecule has 0 bridgehead atoms. The van der Waals surface area contributed by atoms with Gasteiger partial charge in [-0.25, -0.2) is 9.17 Å². The van der Waals surface area contributed by atoms with Crippen LogP contribution >= 0.6 is 0 Å². The molecule has 0 saturated heterocycles. The lowest BCUT2D eigenvalue weighted by Crippen LogP contribution is -2.71. The van der Waals surface area contributed by atoms with Gasteiger partial charge in [-0.2, -0.15) is 8.42 Å². The molecule has 10 atom stereocenters. The molecule has 0 spiro atoms. The summed E-state index contributed by atoms with van der Waals surface area (Å²) < 4.78 is 37.8. The summed E-state index contributed by atoms with van der Waals surface area (Å²) in [4.78, 5) is 7.31. The normalized spacial score (nSPS) is 41.6. The van der Waals surface area contributed by atoms with E-state index in [1.807, 2.05) is 6.20 Å². The van der Waals surface area contributed by atoms with Crippen LogP contribution in [0.3, 0.4) is 0 Å². The molecule has 4 saturated carbocycles. The van der Waals surface area contributed by atoms with Crippen LogP contribution in [0.2, 0.25) is 0 Å². The van der Waals surface area contributed by atoms with E-state index in [1.54, 1.807) is 6.33 Å². The zero-order valence-electron chi connectivity index (χ0n) is 25.9. The van der Waals surface area contributed by atoms with E-state index in [-0.39, 0.29) is 17.9 Å². The number of nitrogens with one attached hydrogen (secondary N) is 2. The van der Waals surface area contributed by atoms with Crippen molar-refractivity contribution in [2.45, 2.75) is 129 Å². The van der Waals surface area contributed by atoms with Crippen molar-refractivity contribution in [1.29, 1.82) is 0 Å². The zero-order chi connectivity index (χ0) is 29.6. The van der Waals surface area contributed by atoms with Crippen LogP contribution in [0, 0.1) is 46.3 Å². The van der Waals surface area contributed by atoms with Crippen LogP contribution in [0.15, 0.2) is 12.5 Å². The second kappa shape index (κ2) is 11.8. The molecule has 5 rings (SSSR count). The molecule has 0 aliphatic heterocycles. The van der Waals surface area contributed by atoms with Crippen LogP contribution in [0.1, 0.15) is 111 Å². The Morgan fingerprint density at radius 1 is 1.12 bits per heavy atom. The van der Waals surface area contributed by atoms with Gasteiger partial charge in [-0.3, -0.25) is 4.55 Å². The van der Waals surface area contributed by atoms with Gasteiger partial charge in [0.15, 0.2) is 0 Å². The zero-order valence-corrected chi connectivity index (χ0v) is 26.8. The fraction of sp³-hybridized carbons (Fsp3) is 0.906. The molecule has 0 amide bonds. The molecular formula is C32H55N3O5S. The lowest BCUT2D eigenvalue weighted by molar-refractivity contribution is -0.232. The third-order valence-electron chi connectivity index (χ3n) is 12.7. The fourth-order valence-electron chi connectivity index (χ4n) is 10.6. The lowest BCUT2D eigenvalue weighted by Gasteiger charge is -2.66. The van der Waals surface area contributed by atoms with Crippen molar-refractivity contribution in [3.05, 3.63) is 18.2 Å². The standard InChI is InChI=1S/C32H55N3O5S/c1-21(2)7-6-8-22(3)26-9-10-27-25-17-29(34-16-13-23-19-33-20-35-23)32(36)18-24(40-41(37,38)39)11-15-31(32,5)28(25)12-14-30(26,27)4/h19-22,24-29,34,36H,6-18H2,1-5H3,(H,33,35)(H,37,38,39)/t22-,24+,25+,26-,27+,28+,29-,30-,31-,32+/m1/s1. The summed E-state index contributed by atoms with van der Waals surface area (Å²) in [6.07, 6.45) is 14.8. The van der Waals surface area contributed by atoms with Gasteiger partial charge in [0.1, 0.15) is 0 Å². The Labute approximate surface area is 248 Å². The highest BCUT2D eigenvalue weighted by atomic mass is 32.3.